The van der Waals surface area contributed by atoms with Gasteiger partial charge in [-0.3, -0.25) is 9.59 Å². The average molecular weight is 381 g/mol. The van der Waals surface area contributed by atoms with E-state index in [1.165, 1.54) is 0 Å². The molecule has 7 nitrogen and oxygen atoms in total. The molecule has 0 fully saturated rings. The van der Waals surface area contributed by atoms with Gasteiger partial charge in [0.2, 0.25) is 11.8 Å². The normalized spacial score (nSPS) is 12.3. The highest BCUT2D eigenvalue weighted by atomic mass is 16.5. The van der Waals surface area contributed by atoms with Crippen LogP contribution in [0.4, 0.5) is 17.1 Å². The van der Waals surface area contributed by atoms with Crippen molar-refractivity contribution in [3.63, 3.8) is 0 Å². The van der Waals surface area contributed by atoms with Gasteiger partial charge in [-0.25, -0.2) is 4.79 Å². The molecule has 2 aromatic rings. The molecule has 28 heavy (non-hydrogen) atoms. The van der Waals surface area contributed by atoms with Gasteiger partial charge in [0, 0.05) is 30.5 Å². The van der Waals surface area contributed by atoms with E-state index in [0.717, 1.165) is 23.4 Å². The average Bonchev–Trinajstić information content (AvgIpc) is 3.10. The molecule has 3 rings (SSSR count). The summed E-state index contributed by atoms with van der Waals surface area (Å²) < 4.78 is 4.94. The van der Waals surface area contributed by atoms with Gasteiger partial charge in [0.05, 0.1) is 18.7 Å². The van der Waals surface area contributed by atoms with Gasteiger partial charge in [0.1, 0.15) is 0 Å². The van der Waals surface area contributed by atoms with Gasteiger partial charge in [-0.2, -0.15) is 0 Å². The highest BCUT2D eigenvalue weighted by Crippen LogP contribution is 2.30. The predicted octanol–water partition coefficient (Wildman–Crippen LogP) is 2.82. The molecule has 0 unspecified atom stereocenters. The van der Waals surface area contributed by atoms with Crippen molar-refractivity contribution in [3.05, 3.63) is 53.6 Å². The lowest BCUT2D eigenvalue weighted by Gasteiger charge is -2.15. The first-order valence-corrected chi connectivity index (χ1v) is 9.20. The summed E-state index contributed by atoms with van der Waals surface area (Å²) in [5.74, 6) is -0.531. The number of hydrogen-bond acceptors (Lipinski definition) is 5. The number of nitrogens with zero attached hydrogens (tertiary/aromatic N) is 1. The van der Waals surface area contributed by atoms with Crippen molar-refractivity contribution in [1.29, 1.82) is 0 Å². The molecule has 0 spiro atoms. The van der Waals surface area contributed by atoms with E-state index < -0.39 is 0 Å². The fourth-order valence-corrected chi connectivity index (χ4v) is 3.13. The number of fused-ring (bicyclic) bond motifs is 1. The van der Waals surface area contributed by atoms with Crippen LogP contribution in [0.3, 0.4) is 0 Å². The van der Waals surface area contributed by atoms with Gasteiger partial charge in [0.15, 0.2) is 0 Å². The first kappa shape index (κ1) is 19.4. The van der Waals surface area contributed by atoms with Crippen LogP contribution in [-0.4, -0.2) is 37.5 Å². The van der Waals surface area contributed by atoms with E-state index in [9.17, 15) is 14.4 Å². The van der Waals surface area contributed by atoms with Crippen molar-refractivity contribution in [1.82, 2.24) is 0 Å². The summed E-state index contributed by atoms with van der Waals surface area (Å²) in [6.45, 7) is 4.40. The van der Waals surface area contributed by atoms with Crippen LogP contribution in [0.25, 0.3) is 0 Å². The molecule has 0 atom stereocenters. The van der Waals surface area contributed by atoms with Crippen LogP contribution in [0.2, 0.25) is 0 Å². The second-order valence-corrected chi connectivity index (χ2v) is 6.46. The fraction of sp³-hybridized carbons (Fsp3) is 0.286. The van der Waals surface area contributed by atoms with Crippen molar-refractivity contribution in [3.8, 4) is 0 Å². The SMILES string of the molecule is CCOC(=O)c1ccc(NCC(=O)Nc2ccc3c(c2)CCN3C(C)=O)cc1. The molecule has 2 aromatic carbocycles. The molecular formula is C21H23N3O4. The summed E-state index contributed by atoms with van der Waals surface area (Å²) in [6.07, 6.45) is 0.781. The topological polar surface area (TPSA) is 87.7 Å². The number of amides is 2. The van der Waals surface area contributed by atoms with E-state index >= 15 is 0 Å². The van der Waals surface area contributed by atoms with Gasteiger partial charge >= 0.3 is 5.97 Å². The lowest BCUT2D eigenvalue weighted by molar-refractivity contribution is -0.116. The Morgan fingerprint density at radius 1 is 1.07 bits per heavy atom. The molecular weight excluding hydrogens is 358 g/mol. The van der Waals surface area contributed by atoms with Gasteiger partial charge in [-0.05, 0) is 61.4 Å². The highest BCUT2D eigenvalue weighted by Gasteiger charge is 2.22. The number of ether oxygens (including phenoxy) is 1. The lowest BCUT2D eigenvalue weighted by atomic mass is 10.1. The molecule has 2 amide bonds. The number of nitrogens with one attached hydrogen (secondary N) is 2. The molecule has 2 N–H and O–H groups in total. The molecule has 1 aliphatic rings. The van der Waals surface area contributed by atoms with Crippen LogP contribution < -0.4 is 15.5 Å². The zero-order valence-corrected chi connectivity index (χ0v) is 16.0. The minimum Gasteiger partial charge on any atom is -0.462 e. The Labute approximate surface area is 163 Å². The smallest absolute Gasteiger partial charge is 0.338 e. The summed E-state index contributed by atoms with van der Waals surface area (Å²) in [5, 5.41) is 5.87. The van der Waals surface area contributed by atoms with E-state index in [-0.39, 0.29) is 24.3 Å². The number of benzene rings is 2. The molecule has 146 valence electrons. The maximum atomic E-state index is 12.2. The zero-order chi connectivity index (χ0) is 20.1. The highest BCUT2D eigenvalue weighted by molar-refractivity contribution is 5.96. The van der Waals surface area contributed by atoms with Crippen molar-refractivity contribution in [2.75, 3.05) is 35.2 Å². The second kappa shape index (κ2) is 8.56. The number of carbonyl (C=O) groups is 3. The molecule has 1 heterocycles. The molecule has 0 saturated carbocycles. The van der Waals surface area contributed by atoms with Crippen LogP contribution in [0, 0.1) is 0 Å². The Morgan fingerprint density at radius 2 is 1.79 bits per heavy atom. The third-order valence-corrected chi connectivity index (χ3v) is 4.49. The fourth-order valence-electron chi connectivity index (χ4n) is 3.13. The van der Waals surface area contributed by atoms with Crippen molar-refractivity contribution >= 4 is 34.8 Å². The first-order chi connectivity index (χ1) is 13.5. The Morgan fingerprint density at radius 3 is 2.46 bits per heavy atom. The third-order valence-electron chi connectivity index (χ3n) is 4.49. The Balaban J connectivity index is 1.54. The number of carbonyl (C=O) groups excluding carboxylic acids is 3. The van der Waals surface area contributed by atoms with Gasteiger partial charge < -0.3 is 20.3 Å². The van der Waals surface area contributed by atoms with Gasteiger partial charge in [-0.15, -0.1) is 0 Å². The van der Waals surface area contributed by atoms with Crippen LogP contribution in [0.5, 0.6) is 0 Å². The Bertz CT molecular complexity index is 893. The molecule has 0 bridgehead atoms. The maximum Gasteiger partial charge on any atom is 0.338 e. The standard InChI is InChI=1S/C21H23N3O4/c1-3-28-21(27)15-4-6-17(7-5-15)22-13-20(26)23-18-8-9-19-16(12-18)10-11-24(19)14(2)25/h4-9,12,22H,3,10-11,13H2,1-2H3,(H,23,26). The monoisotopic (exact) mass is 381 g/mol. The Hall–Kier alpha value is -3.35. The van der Waals surface area contributed by atoms with Gasteiger partial charge in [0.25, 0.3) is 0 Å². The largest absolute Gasteiger partial charge is 0.462 e. The molecule has 0 radical (unpaired) electrons. The van der Waals surface area contributed by atoms with E-state index in [1.807, 2.05) is 12.1 Å². The summed E-state index contributed by atoms with van der Waals surface area (Å²) >= 11 is 0. The van der Waals surface area contributed by atoms with Crippen molar-refractivity contribution in [2.24, 2.45) is 0 Å². The first-order valence-electron chi connectivity index (χ1n) is 9.20. The third kappa shape index (κ3) is 4.49. The minimum atomic E-state index is -0.369. The van der Waals surface area contributed by atoms with E-state index in [0.29, 0.717) is 24.4 Å². The van der Waals surface area contributed by atoms with Crippen LogP contribution in [0.1, 0.15) is 29.8 Å². The molecule has 0 aliphatic carbocycles. The van der Waals surface area contributed by atoms with E-state index in [4.69, 9.17) is 4.74 Å². The Kier molecular flexibility index (Phi) is 5.93. The zero-order valence-electron chi connectivity index (χ0n) is 16.0. The predicted molar refractivity (Wildman–Crippen MR) is 108 cm³/mol. The van der Waals surface area contributed by atoms with E-state index in [1.54, 1.807) is 49.1 Å². The van der Waals surface area contributed by atoms with Gasteiger partial charge in [-0.1, -0.05) is 0 Å². The van der Waals surface area contributed by atoms with Crippen LogP contribution in [-0.2, 0) is 20.7 Å². The number of hydrogen-bond donors (Lipinski definition) is 2. The quantitative estimate of drug-likeness (QED) is 0.752. The van der Waals surface area contributed by atoms with Crippen molar-refractivity contribution < 1.29 is 19.1 Å². The number of esters is 1. The number of anilines is 3. The van der Waals surface area contributed by atoms with E-state index in [2.05, 4.69) is 10.6 Å². The molecule has 7 heteroatoms. The van der Waals surface area contributed by atoms with Crippen LogP contribution >= 0.6 is 0 Å². The van der Waals surface area contributed by atoms with Crippen LogP contribution in [0.15, 0.2) is 42.5 Å². The maximum absolute atomic E-state index is 12.2. The number of rotatable bonds is 6. The second-order valence-electron chi connectivity index (χ2n) is 6.46. The van der Waals surface area contributed by atoms with Crippen molar-refractivity contribution in [2.45, 2.75) is 20.3 Å². The molecule has 1 aliphatic heterocycles. The summed E-state index contributed by atoms with van der Waals surface area (Å²) in [4.78, 5) is 37.2. The lowest BCUT2D eigenvalue weighted by Crippen LogP contribution is -2.25. The summed E-state index contributed by atoms with van der Waals surface area (Å²) in [6, 6.07) is 12.3. The molecule has 0 saturated heterocycles. The minimum absolute atomic E-state index is 0.0220. The molecule has 0 aromatic heterocycles. The summed E-state index contributed by atoms with van der Waals surface area (Å²) in [5.41, 5.74) is 3.86. The summed E-state index contributed by atoms with van der Waals surface area (Å²) in [7, 11) is 0.